The lowest BCUT2D eigenvalue weighted by molar-refractivity contribution is -0.141. The molecule has 1 amide bonds. The van der Waals surface area contributed by atoms with Gasteiger partial charge >= 0.3 is 6.18 Å². The average molecular weight is 285 g/mol. The Morgan fingerprint density at radius 1 is 1.56 bits per heavy atom. The van der Waals surface area contributed by atoms with E-state index in [1.165, 1.54) is 0 Å². The predicted molar refractivity (Wildman–Crippen MR) is 55.7 cm³/mol. The summed E-state index contributed by atoms with van der Waals surface area (Å²) >= 11 is 5.32. The lowest BCUT2D eigenvalue weighted by Crippen LogP contribution is -2.34. The minimum absolute atomic E-state index is 0.275. The second kappa shape index (κ2) is 5.36. The second-order valence-electron chi connectivity index (χ2n) is 3.20. The maximum absolute atomic E-state index is 12.4. The largest absolute Gasteiger partial charge is 0.433 e. The van der Waals surface area contributed by atoms with Crippen molar-refractivity contribution in [2.75, 3.05) is 11.9 Å². The van der Waals surface area contributed by atoms with Crippen LogP contribution < -0.4 is 11.1 Å². The monoisotopic (exact) mass is 284 g/mol. The van der Waals surface area contributed by atoms with E-state index in [-0.39, 0.29) is 12.4 Å². The van der Waals surface area contributed by atoms with Crippen molar-refractivity contribution < 1.29 is 23.1 Å². The van der Waals surface area contributed by atoms with Crippen LogP contribution in [0.4, 0.5) is 19.0 Å². The van der Waals surface area contributed by atoms with Crippen molar-refractivity contribution in [3.05, 3.63) is 17.0 Å². The van der Waals surface area contributed by atoms with Gasteiger partial charge in [0.2, 0.25) is 11.2 Å². The molecule has 100 valence electrons. The molecular formula is C8H8ClF3N4O2. The van der Waals surface area contributed by atoms with E-state index in [1.807, 2.05) is 0 Å². The molecule has 0 bridgehead atoms. The smallest absolute Gasteiger partial charge is 0.381 e. The molecule has 0 aliphatic rings. The standard InChI is InChI=1S/C8H8ClF3N4O2/c9-7-15-4(8(10,11)12)1-5(16-7)14-2-3(17)6(13)18/h1,3,17H,2H2,(H2,13,18)(H,14,15,16). The van der Waals surface area contributed by atoms with Crippen molar-refractivity contribution in [2.24, 2.45) is 5.73 Å². The number of amides is 1. The van der Waals surface area contributed by atoms with Crippen molar-refractivity contribution >= 4 is 23.3 Å². The molecule has 6 nitrogen and oxygen atoms in total. The predicted octanol–water partition coefficient (Wildman–Crippen LogP) is 0.407. The summed E-state index contributed by atoms with van der Waals surface area (Å²) in [7, 11) is 0. The summed E-state index contributed by atoms with van der Waals surface area (Å²) in [5.41, 5.74) is 3.52. The van der Waals surface area contributed by atoms with Gasteiger partial charge in [-0.1, -0.05) is 0 Å². The zero-order valence-corrected chi connectivity index (χ0v) is 9.46. The van der Waals surface area contributed by atoms with Gasteiger partial charge in [0, 0.05) is 6.07 Å². The highest BCUT2D eigenvalue weighted by molar-refractivity contribution is 6.28. The van der Waals surface area contributed by atoms with Crippen molar-refractivity contribution in [1.82, 2.24) is 9.97 Å². The molecule has 1 rings (SSSR count). The van der Waals surface area contributed by atoms with E-state index >= 15 is 0 Å². The van der Waals surface area contributed by atoms with Gasteiger partial charge in [-0.2, -0.15) is 13.2 Å². The van der Waals surface area contributed by atoms with Gasteiger partial charge in [0.05, 0.1) is 6.54 Å². The minimum Gasteiger partial charge on any atom is -0.381 e. The summed E-state index contributed by atoms with van der Waals surface area (Å²) in [5, 5.41) is 10.7. The summed E-state index contributed by atoms with van der Waals surface area (Å²) in [6.45, 7) is -0.389. The summed E-state index contributed by atoms with van der Waals surface area (Å²) in [4.78, 5) is 17.0. The normalized spacial score (nSPS) is 13.2. The molecule has 1 unspecified atom stereocenters. The Bertz CT molecular complexity index is 454. The van der Waals surface area contributed by atoms with Crippen LogP contribution in [0, 0.1) is 0 Å². The fourth-order valence-electron chi connectivity index (χ4n) is 0.955. The third kappa shape index (κ3) is 4.00. The van der Waals surface area contributed by atoms with Crippen LogP contribution in [0.2, 0.25) is 5.28 Å². The van der Waals surface area contributed by atoms with E-state index in [1.54, 1.807) is 0 Å². The fourth-order valence-corrected chi connectivity index (χ4v) is 1.14. The first-order valence-electron chi connectivity index (χ1n) is 4.53. The molecular weight excluding hydrogens is 277 g/mol. The van der Waals surface area contributed by atoms with Crippen molar-refractivity contribution in [3.63, 3.8) is 0 Å². The number of alkyl halides is 3. The fraction of sp³-hybridized carbons (Fsp3) is 0.375. The molecule has 1 atom stereocenters. The van der Waals surface area contributed by atoms with Crippen LogP contribution in [0.3, 0.4) is 0 Å². The Kier molecular flexibility index (Phi) is 4.30. The highest BCUT2D eigenvalue weighted by Crippen LogP contribution is 2.29. The molecule has 0 fully saturated rings. The molecule has 18 heavy (non-hydrogen) atoms. The number of carbonyl (C=O) groups is 1. The number of anilines is 1. The quantitative estimate of drug-likeness (QED) is 0.695. The highest BCUT2D eigenvalue weighted by atomic mass is 35.5. The Labute approximate surface area is 104 Å². The maximum atomic E-state index is 12.4. The molecule has 0 aliphatic carbocycles. The Morgan fingerprint density at radius 2 is 2.17 bits per heavy atom. The first kappa shape index (κ1) is 14.5. The van der Waals surface area contributed by atoms with Crippen molar-refractivity contribution in [2.45, 2.75) is 12.3 Å². The Hall–Kier alpha value is -1.61. The lowest BCUT2D eigenvalue weighted by atomic mass is 10.3. The molecule has 0 saturated carbocycles. The maximum Gasteiger partial charge on any atom is 0.433 e. The molecule has 0 radical (unpaired) electrons. The van der Waals surface area contributed by atoms with Gasteiger partial charge in [0.1, 0.15) is 11.9 Å². The van der Waals surface area contributed by atoms with Crippen LogP contribution in [0.15, 0.2) is 6.07 Å². The number of primary amides is 1. The van der Waals surface area contributed by atoms with E-state index in [0.717, 1.165) is 0 Å². The minimum atomic E-state index is -4.68. The number of rotatable bonds is 4. The average Bonchev–Trinajstić information content (AvgIpc) is 2.23. The van der Waals surface area contributed by atoms with E-state index in [4.69, 9.17) is 22.4 Å². The van der Waals surface area contributed by atoms with Gasteiger partial charge in [0.25, 0.3) is 0 Å². The number of hydrogen-bond donors (Lipinski definition) is 3. The van der Waals surface area contributed by atoms with Gasteiger partial charge in [-0.05, 0) is 11.6 Å². The van der Waals surface area contributed by atoms with E-state index in [2.05, 4.69) is 15.3 Å². The van der Waals surface area contributed by atoms with E-state index in [9.17, 15) is 18.0 Å². The molecule has 1 aromatic rings. The second-order valence-corrected chi connectivity index (χ2v) is 3.54. The summed E-state index contributed by atoms with van der Waals surface area (Å²) in [6, 6.07) is 0.597. The van der Waals surface area contributed by atoms with Crippen LogP contribution in [-0.2, 0) is 11.0 Å². The van der Waals surface area contributed by atoms with Gasteiger partial charge in [0.15, 0.2) is 5.69 Å². The first-order valence-corrected chi connectivity index (χ1v) is 4.91. The highest BCUT2D eigenvalue weighted by Gasteiger charge is 2.33. The van der Waals surface area contributed by atoms with Crippen LogP contribution >= 0.6 is 11.6 Å². The molecule has 0 saturated heterocycles. The Balaban J connectivity index is 2.84. The van der Waals surface area contributed by atoms with E-state index < -0.39 is 29.2 Å². The molecule has 0 aromatic carbocycles. The van der Waals surface area contributed by atoms with Crippen molar-refractivity contribution in [3.8, 4) is 0 Å². The number of nitrogens with zero attached hydrogens (tertiary/aromatic N) is 2. The molecule has 4 N–H and O–H groups in total. The zero-order valence-electron chi connectivity index (χ0n) is 8.70. The molecule has 10 heteroatoms. The number of aliphatic hydroxyl groups is 1. The molecule has 1 heterocycles. The lowest BCUT2D eigenvalue weighted by Gasteiger charge is -2.11. The van der Waals surface area contributed by atoms with Gasteiger partial charge in [-0.15, -0.1) is 0 Å². The van der Waals surface area contributed by atoms with E-state index in [0.29, 0.717) is 6.07 Å². The summed E-state index contributed by atoms with van der Waals surface area (Å²) in [6.07, 6.45) is -6.22. The van der Waals surface area contributed by atoms with Crippen LogP contribution in [-0.4, -0.2) is 33.6 Å². The number of nitrogens with two attached hydrogens (primary N) is 1. The number of halogens is 4. The number of aliphatic hydroxyl groups excluding tert-OH is 1. The number of nitrogens with one attached hydrogen (secondary N) is 1. The van der Waals surface area contributed by atoms with Crippen LogP contribution in [0.1, 0.15) is 5.69 Å². The third-order valence-corrected chi connectivity index (χ3v) is 1.96. The summed E-state index contributed by atoms with van der Waals surface area (Å²) < 4.78 is 37.1. The zero-order chi connectivity index (χ0) is 13.9. The van der Waals surface area contributed by atoms with Gasteiger partial charge in [-0.3, -0.25) is 4.79 Å². The van der Waals surface area contributed by atoms with Crippen molar-refractivity contribution in [1.29, 1.82) is 0 Å². The van der Waals surface area contributed by atoms with Crippen LogP contribution in [0.25, 0.3) is 0 Å². The summed E-state index contributed by atoms with van der Waals surface area (Å²) in [5.74, 6) is -1.29. The SMILES string of the molecule is NC(=O)C(O)CNc1cc(C(F)(F)F)nc(Cl)n1. The number of carbonyl (C=O) groups excluding carboxylic acids is 1. The molecule has 0 spiro atoms. The van der Waals surface area contributed by atoms with Crippen LogP contribution in [0.5, 0.6) is 0 Å². The third-order valence-electron chi connectivity index (χ3n) is 1.79. The number of aromatic nitrogens is 2. The first-order chi connectivity index (χ1) is 8.20. The number of hydrogen-bond acceptors (Lipinski definition) is 5. The Morgan fingerprint density at radius 3 is 2.67 bits per heavy atom. The van der Waals surface area contributed by atoms with Gasteiger partial charge < -0.3 is 16.2 Å². The molecule has 1 aromatic heterocycles. The topological polar surface area (TPSA) is 101 Å². The van der Waals surface area contributed by atoms with Gasteiger partial charge in [-0.25, -0.2) is 9.97 Å². The molecule has 0 aliphatic heterocycles.